The highest BCUT2D eigenvalue weighted by atomic mass is 35.5. The summed E-state index contributed by atoms with van der Waals surface area (Å²) in [6.45, 7) is 3.68. The number of anilines is 1. The number of rotatable bonds is 3. The molecule has 1 saturated heterocycles. The van der Waals surface area contributed by atoms with Crippen LogP contribution in [0, 0.1) is 5.92 Å². The van der Waals surface area contributed by atoms with Gasteiger partial charge in [0.2, 0.25) is 11.2 Å². The molecule has 7 heteroatoms. The van der Waals surface area contributed by atoms with E-state index < -0.39 is 0 Å². The SMILES string of the molecule is COc1nc(Cl)nc(N2CC(CN)CCC2C)n1. The molecule has 0 aromatic carbocycles. The fourth-order valence-electron chi connectivity index (χ4n) is 2.20. The van der Waals surface area contributed by atoms with Crippen LogP contribution in [0.2, 0.25) is 5.28 Å². The lowest BCUT2D eigenvalue weighted by Crippen LogP contribution is -2.44. The molecule has 1 aliphatic rings. The summed E-state index contributed by atoms with van der Waals surface area (Å²) >= 11 is 5.87. The summed E-state index contributed by atoms with van der Waals surface area (Å²) in [5, 5.41) is 0.152. The van der Waals surface area contributed by atoms with Crippen LogP contribution in [-0.2, 0) is 0 Å². The fraction of sp³-hybridized carbons (Fsp3) is 0.727. The molecule has 0 saturated carbocycles. The minimum atomic E-state index is 0.152. The summed E-state index contributed by atoms with van der Waals surface area (Å²) in [7, 11) is 1.51. The fourth-order valence-corrected chi connectivity index (χ4v) is 2.34. The summed E-state index contributed by atoms with van der Waals surface area (Å²) in [4.78, 5) is 14.4. The Balaban J connectivity index is 2.25. The van der Waals surface area contributed by atoms with Gasteiger partial charge in [-0.1, -0.05) is 0 Å². The summed E-state index contributed by atoms with van der Waals surface area (Å²) in [5.41, 5.74) is 5.74. The Hall–Kier alpha value is -1.14. The molecule has 100 valence electrons. The number of aromatic nitrogens is 3. The standard InChI is InChI=1S/C11H18ClN5O/c1-7-3-4-8(5-13)6-17(7)10-14-9(12)15-11(16-10)18-2/h7-8H,3-6,13H2,1-2H3. The van der Waals surface area contributed by atoms with Gasteiger partial charge >= 0.3 is 6.01 Å². The van der Waals surface area contributed by atoms with Crippen molar-refractivity contribution in [2.45, 2.75) is 25.8 Å². The van der Waals surface area contributed by atoms with Gasteiger partial charge in [0, 0.05) is 12.6 Å². The van der Waals surface area contributed by atoms with Gasteiger partial charge in [0.25, 0.3) is 0 Å². The third kappa shape index (κ3) is 2.81. The Morgan fingerprint density at radius 1 is 1.39 bits per heavy atom. The normalized spacial score (nSPS) is 24.1. The van der Waals surface area contributed by atoms with Crippen molar-refractivity contribution in [2.24, 2.45) is 11.7 Å². The van der Waals surface area contributed by atoms with Crippen molar-refractivity contribution in [3.8, 4) is 6.01 Å². The number of halogens is 1. The van der Waals surface area contributed by atoms with Gasteiger partial charge in [-0.15, -0.1) is 0 Å². The molecule has 2 rings (SSSR count). The van der Waals surface area contributed by atoms with Gasteiger partial charge in [0.15, 0.2) is 0 Å². The Bertz CT molecular complexity index is 416. The van der Waals surface area contributed by atoms with E-state index in [2.05, 4.69) is 26.8 Å². The zero-order chi connectivity index (χ0) is 13.1. The van der Waals surface area contributed by atoms with Gasteiger partial charge in [-0.05, 0) is 43.8 Å². The quantitative estimate of drug-likeness (QED) is 0.887. The van der Waals surface area contributed by atoms with Crippen molar-refractivity contribution in [1.82, 2.24) is 15.0 Å². The summed E-state index contributed by atoms with van der Waals surface area (Å²) in [6.07, 6.45) is 2.22. The Morgan fingerprint density at radius 2 is 2.17 bits per heavy atom. The van der Waals surface area contributed by atoms with E-state index in [0.29, 0.717) is 24.5 Å². The van der Waals surface area contributed by atoms with E-state index in [9.17, 15) is 0 Å². The number of hydrogen-bond acceptors (Lipinski definition) is 6. The van der Waals surface area contributed by atoms with E-state index in [1.54, 1.807) is 0 Å². The predicted molar refractivity (Wildman–Crippen MR) is 70.0 cm³/mol. The second-order valence-corrected chi connectivity index (χ2v) is 4.91. The third-order valence-electron chi connectivity index (χ3n) is 3.33. The molecule has 0 amide bonds. The van der Waals surface area contributed by atoms with Gasteiger partial charge < -0.3 is 15.4 Å². The number of methoxy groups -OCH3 is 1. The molecule has 2 atom stereocenters. The Labute approximate surface area is 112 Å². The highest BCUT2D eigenvalue weighted by Gasteiger charge is 2.27. The minimum absolute atomic E-state index is 0.152. The maximum Gasteiger partial charge on any atom is 0.322 e. The number of hydrogen-bond donors (Lipinski definition) is 1. The van der Waals surface area contributed by atoms with Gasteiger partial charge in [0.1, 0.15) is 0 Å². The third-order valence-corrected chi connectivity index (χ3v) is 3.50. The zero-order valence-corrected chi connectivity index (χ0v) is 11.4. The lowest BCUT2D eigenvalue weighted by molar-refractivity contribution is 0.358. The molecule has 1 aliphatic heterocycles. The minimum Gasteiger partial charge on any atom is -0.467 e. The highest BCUT2D eigenvalue weighted by Crippen LogP contribution is 2.26. The number of nitrogens with zero attached hydrogens (tertiary/aromatic N) is 4. The van der Waals surface area contributed by atoms with E-state index in [0.717, 1.165) is 19.4 Å². The smallest absolute Gasteiger partial charge is 0.322 e. The van der Waals surface area contributed by atoms with Crippen molar-refractivity contribution >= 4 is 17.5 Å². The molecule has 0 bridgehead atoms. The number of piperidine rings is 1. The molecule has 2 N–H and O–H groups in total. The summed E-state index contributed by atoms with van der Waals surface area (Å²) in [5.74, 6) is 1.04. The van der Waals surface area contributed by atoms with E-state index in [4.69, 9.17) is 22.1 Å². The highest BCUT2D eigenvalue weighted by molar-refractivity contribution is 6.28. The van der Waals surface area contributed by atoms with E-state index in [-0.39, 0.29) is 11.3 Å². The summed E-state index contributed by atoms with van der Waals surface area (Å²) < 4.78 is 5.02. The Morgan fingerprint density at radius 3 is 2.83 bits per heavy atom. The maximum absolute atomic E-state index is 5.87. The molecule has 2 heterocycles. The monoisotopic (exact) mass is 271 g/mol. The lowest BCUT2D eigenvalue weighted by atomic mass is 9.94. The molecule has 1 aromatic heterocycles. The summed E-state index contributed by atoms with van der Waals surface area (Å²) in [6, 6.07) is 0.614. The molecule has 18 heavy (non-hydrogen) atoms. The molecular formula is C11H18ClN5O. The van der Waals surface area contributed by atoms with E-state index in [1.165, 1.54) is 7.11 Å². The maximum atomic E-state index is 5.87. The van der Waals surface area contributed by atoms with E-state index >= 15 is 0 Å². The first-order valence-corrected chi connectivity index (χ1v) is 6.44. The first-order chi connectivity index (χ1) is 8.63. The molecule has 0 spiro atoms. The van der Waals surface area contributed by atoms with Crippen LogP contribution in [0.1, 0.15) is 19.8 Å². The van der Waals surface area contributed by atoms with E-state index in [1.807, 2.05) is 0 Å². The average Bonchev–Trinajstić information content (AvgIpc) is 2.38. The van der Waals surface area contributed by atoms with Crippen LogP contribution < -0.4 is 15.4 Å². The second kappa shape index (κ2) is 5.67. The van der Waals surface area contributed by atoms with Gasteiger partial charge in [-0.2, -0.15) is 15.0 Å². The van der Waals surface area contributed by atoms with Crippen molar-refractivity contribution < 1.29 is 4.74 Å². The molecule has 0 aliphatic carbocycles. The molecular weight excluding hydrogens is 254 g/mol. The van der Waals surface area contributed by atoms with Gasteiger partial charge in [-0.3, -0.25) is 0 Å². The molecule has 1 fully saturated rings. The van der Waals surface area contributed by atoms with Crippen molar-refractivity contribution in [1.29, 1.82) is 0 Å². The van der Waals surface area contributed by atoms with Crippen LogP contribution >= 0.6 is 11.6 Å². The van der Waals surface area contributed by atoms with Crippen molar-refractivity contribution in [3.63, 3.8) is 0 Å². The van der Waals surface area contributed by atoms with Gasteiger partial charge in [0.05, 0.1) is 7.11 Å². The zero-order valence-electron chi connectivity index (χ0n) is 10.6. The average molecular weight is 272 g/mol. The molecule has 6 nitrogen and oxygen atoms in total. The Kier molecular flexibility index (Phi) is 4.19. The number of nitrogens with two attached hydrogens (primary N) is 1. The topological polar surface area (TPSA) is 77.2 Å². The van der Waals surface area contributed by atoms with Crippen LogP contribution in [0.5, 0.6) is 6.01 Å². The molecule has 2 unspecified atom stereocenters. The molecule has 0 radical (unpaired) electrons. The van der Waals surface area contributed by atoms with Crippen LogP contribution in [0.15, 0.2) is 0 Å². The van der Waals surface area contributed by atoms with Crippen LogP contribution in [-0.4, -0.2) is 41.2 Å². The van der Waals surface area contributed by atoms with Crippen LogP contribution in [0.3, 0.4) is 0 Å². The van der Waals surface area contributed by atoms with Crippen LogP contribution in [0.4, 0.5) is 5.95 Å². The van der Waals surface area contributed by atoms with Gasteiger partial charge in [-0.25, -0.2) is 0 Å². The largest absolute Gasteiger partial charge is 0.467 e. The predicted octanol–water partition coefficient (Wildman–Crippen LogP) is 1.10. The first kappa shape index (κ1) is 13.3. The van der Waals surface area contributed by atoms with Crippen LogP contribution in [0.25, 0.3) is 0 Å². The van der Waals surface area contributed by atoms with Crippen molar-refractivity contribution in [2.75, 3.05) is 25.1 Å². The number of ether oxygens (including phenoxy) is 1. The lowest BCUT2D eigenvalue weighted by Gasteiger charge is -2.37. The van der Waals surface area contributed by atoms with Crippen molar-refractivity contribution in [3.05, 3.63) is 5.28 Å². The first-order valence-electron chi connectivity index (χ1n) is 6.06. The molecule has 1 aromatic rings. The second-order valence-electron chi connectivity index (χ2n) is 4.57.